The molecule has 82 valence electrons. The summed E-state index contributed by atoms with van der Waals surface area (Å²) < 4.78 is 5.16. The maximum atomic E-state index is 5.89. The third kappa shape index (κ3) is 2.31. The molecule has 1 atom stereocenters. The lowest BCUT2D eigenvalue weighted by molar-refractivity contribution is 0.412. The minimum Gasteiger partial charge on any atom is -0.490 e. The van der Waals surface area contributed by atoms with E-state index in [4.69, 9.17) is 16.3 Å². The van der Waals surface area contributed by atoms with Crippen molar-refractivity contribution in [2.45, 2.75) is 25.8 Å². The highest BCUT2D eigenvalue weighted by atomic mass is 35.5. The summed E-state index contributed by atoms with van der Waals surface area (Å²) in [5.41, 5.74) is 0. The summed E-state index contributed by atoms with van der Waals surface area (Å²) in [6, 6.07) is 0.407. The Kier molecular flexibility index (Phi) is 2.95. The lowest BCUT2D eigenvalue weighted by atomic mass is 10.2. The van der Waals surface area contributed by atoms with Crippen LogP contribution in [0, 0.1) is 5.92 Å². The fourth-order valence-corrected chi connectivity index (χ4v) is 1.78. The van der Waals surface area contributed by atoms with Crippen molar-refractivity contribution < 1.29 is 4.74 Å². The number of nitrogens with zero attached hydrogens (tertiary/aromatic N) is 2. The lowest BCUT2D eigenvalue weighted by Crippen LogP contribution is -2.18. The van der Waals surface area contributed by atoms with Gasteiger partial charge >= 0.3 is 0 Å². The molecule has 15 heavy (non-hydrogen) atoms. The van der Waals surface area contributed by atoms with Gasteiger partial charge in [0.2, 0.25) is 0 Å². The highest BCUT2D eigenvalue weighted by Crippen LogP contribution is 2.36. The van der Waals surface area contributed by atoms with E-state index in [-0.39, 0.29) is 0 Å². The maximum Gasteiger partial charge on any atom is 0.198 e. The number of ether oxygens (including phenoxy) is 1. The van der Waals surface area contributed by atoms with Crippen molar-refractivity contribution in [1.29, 1.82) is 0 Å². The van der Waals surface area contributed by atoms with Crippen molar-refractivity contribution in [1.82, 2.24) is 9.97 Å². The van der Waals surface area contributed by atoms with Gasteiger partial charge < -0.3 is 10.1 Å². The number of hydrogen-bond donors (Lipinski definition) is 1. The van der Waals surface area contributed by atoms with Crippen LogP contribution >= 0.6 is 11.6 Å². The van der Waals surface area contributed by atoms with Crippen molar-refractivity contribution in [2.24, 2.45) is 5.92 Å². The van der Waals surface area contributed by atoms with Crippen LogP contribution in [0.1, 0.15) is 19.8 Å². The van der Waals surface area contributed by atoms with Crippen molar-refractivity contribution in [3.05, 3.63) is 11.5 Å². The van der Waals surface area contributed by atoms with Gasteiger partial charge in [-0.05, 0) is 25.7 Å². The van der Waals surface area contributed by atoms with E-state index >= 15 is 0 Å². The first-order chi connectivity index (χ1) is 7.22. The molecule has 1 aliphatic rings. The van der Waals surface area contributed by atoms with E-state index in [0.29, 0.717) is 22.8 Å². The van der Waals surface area contributed by atoms with Crippen LogP contribution in [0.2, 0.25) is 5.15 Å². The quantitative estimate of drug-likeness (QED) is 0.803. The van der Waals surface area contributed by atoms with E-state index < -0.39 is 0 Å². The summed E-state index contributed by atoms with van der Waals surface area (Å²) >= 11 is 5.89. The first-order valence-corrected chi connectivity index (χ1v) is 5.41. The Bertz CT molecular complexity index is 355. The van der Waals surface area contributed by atoms with Gasteiger partial charge in [0.15, 0.2) is 16.7 Å². The minimum absolute atomic E-state index is 0.345. The van der Waals surface area contributed by atoms with Crippen molar-refractivity contribution in [2.75, 3.05) is 12.4 Å². The Morgan fingerprint density at radius 2 is 2.27 bits per heavy atom. The molecule has 1 N–H and O–H groups in total. The molecule has 2 rings (SSSR count). The predicted molar refractivity (Wildman–Crippen MR) is 59.4 cm³/mol. The Balaban J connectivity index is 2.15. The lowest BCUT2D eigenvalue weighted by Gasteiger charge is -2.15. The summed E-state index contributed by atoms with van der Waals surface area (Å²) in [4.78, 5) is 8.00. The van der Waals surface area contributed by atoms with Crippen LogP contribution in [0.15, 0.2) is 6.33 Å². The zero-order valence-corrected chi connectivity index (χ0v) is 9.58. The number of anilines is 1. The Morgan fingerprint density at radius 3 is 2.87 bits per heavy atom. The van der Waals surface area contributed by atoms with Gasteiger partial charge in [0, 0.05) is 6.04 Å². The number of aromatic nitrogens is 2. The van der Waals surface area contributed by atoms with E-state index in [9.17, 15) is 0 Å². The highest BCUT2D eigenvalue weighted by Gasteiger charge is 2.28. The average molecular weight is 228 g/mol. The second-order valence-corrected chi connectivity index (χ2v) is 4.17. The van der Waals surface area contributed by atoms with Crippen LogP contribution in [-0.4, -0.2) is 23.1 Å². The molecule has 0 aromatic carbocycles. The zero-order chi connectivity index (χ0) is 10.8. The molecule has 4 nitrogen and oxygen atoms in total. The predicted octanol–water partition coefficient (Wildman–Crippen LogP) is 2.35. The fraction of sp³-hybridized carbons (Fsp3) is 0.600. The molecule has 1 aliphatic carbocycles. The first-order valence-electron chi connectivity index (χ1n) is 5.03. The Labute approximate surface area is 94.0 Å². The molecule has 0 aliphatic heterocycles. The molecular formula is C10H14ClN3O. The Morgan fingerprint density at radius 1 is 1.53 bits per heavy atom. The molecule has 1 unspecified atom stereocenters. The van der Waals surface area contributed by atoms with E-state index in [1.165, 1.54) is 19.2 Å². The normalized spacial score (nSPS) is 17.3. The van der Waals surface area contributed by atoms with E-state index in [2.05, 4.69) is 22.2 Å². The van der Waals surface area contributed by atoms with Crippen molar-refractivity contribution >= 4 is 17.4 Å². The molecule has 0 spiro atoms. The minimum atomic E-state index is 0.345. The largest absolute Gasteiger partial charge is 0.490 e. The Hall–Kier alpha value is -1.03. The molecular weight excluding hydrogens is 214 g/mol. The van der Waals surface area contributed by atoms with Gasteiger partial charge in [0.1, 0.15) is 6.33 Å². The molecule has 1 saturated carbocycles. The molecule has 1 aromatic rings. The van der Waals surface area contributed by atoms with Crippen LogP contribution < -0.4 is 10.1 Å². The summed E-state index contributed by atoms with van der Waals surface area (Å²) in [7, 11) is 1.57. The number of methoxy groups -OCH3 is 1. The molecule has 0 saturated heterocycles. The summed E-state index contributed by atoms with van der Waals surface area (Å²) in [5, 5.41) is 3.65. The van der Waals surface area contributed by atoms with Gasteiger partial charge in [-0.2, -0.15) is 0 Å². The molecule has 0 radical (unpaired) electrons. The highest BCUT2D eigenvalue weighted by molar-refractivity contribution is 6.31. The van der Waals surface area contributed by atoms with Gasteiger partial charge in [-0.3, -0.25) is 0 Å². The molecule has 0 bridgehead atoms. The summed E-state index contributed by atoms with van der Waals surface area (Å²) in [6.45, 7) is 2.15. The van der Waals surface area contributed by atoms with Crippen LogP contribution in [0.25, 0.3) is 0 Å². The van der Waals surface area contributed by atoms with Crippen LogP contribution in [0.3, 0.4) is 0 Å². The topological polar surface area (TPSA) is 47.0 Å². The van der Waals surface area contributed by atoms with Gasteiger partial charge in [0.05, 0.1) is 7.11 Å². The third-order valence-corrected chi connectivity index (χ3v) is 2.93. The van der Waals surface area contributed by atoms with E-state index in [1.54, 1.807) is 7.11 Å². The maximum absolute atomic E-state index is 5.89. The molecule has 5 heteroatoms. The van der Waals surface area contributed by atoms with Crippen molar-refractivity contribution in [3.63, 3.8) is 0 Å². The molecule has 1 aromatic heterocycles. The zero-order valence-electron chi connectivity index (χ0n) is 8.83. The van der Waals surface area contributed by atoms with Crippen LogP contribution in [0.5, 0.6) is 5.75 Å². The summed E-state index contributed by atoms with van der Waals surface area (Å²) in [6.07, 6.45) is 4.01. The number of rotatable bonds is 4. The first kappa shape index (κ1) is 10.5. The van der Waals surface area contributed by atoms with Gasteiger partial charge in [-0.25, -0.2) is 9.97 Å². The molecule has 0 amide bonds. The second kappa shape index (κ2) is 4.23. The van der Waals surface area contributed by atoms with Crippen molar-refractivity contribution in [3.8, 4) is 5.75 Å². The molecule has 1 heterocycles. The smallest absolute Gasteiger partial charge is 0.198 e. The van der Waals surface area contributed by atoms with Crippen LogP contribution in [0.4, 0.5) is 5.82 Å². The van der Waals surface area contributed by atoms with Gasteiger partial charge in [-0.15, -0.1) is 0 Å². The van der Waals surface area contributed by atoms with E-state index in [0.717, 1.165) is 5.92 Å². The molecule has 1 fully saturated rings. The van der Waals surface area contributed by atoms with Gasteiger partial charge in [0.25, 0.3) is 0 Å². The third-order valence-electron chi connectivity index (χ3n) is 2.66. The number of nitrogens with one attached hydrogen (secondary N) is 1. The van der Waals surface area contributed by atoms with Gasteiger partial charge in [-0.1, -0.05) is 11.6 Å². The standard InChI is InChI=1S/C10H14ClN3O/c1-6(7-3-4-7)14-10-8(15-2)9(11)12-5-13-10/h5-7H,3-4H2,1-2H3,(H,12,13,14). The summed E-state index contributed by atoms with van der Waals surface area (Å²) in [5.74, 6) is 1.95. The number of hydrogen-bond acceptors (Lipinski definition) is 4. The number of halogens is 1. The fourth-order valence-electron chi connectivity index (χ4n) is 1.57. The van der Waals surface area contributed by atoms with E-state index in [1.807, 2.05) is 0 Å². The SMILES string of the molecule is COc1c(Cl)ncnc1NC(C)C1CC1. The average Bonchev–Trinajstić information content (AvgIpc) is 3.01. The monoisotopic (exact) mass is 227 g/mol. The second-order valence-electron chi connectivity index (χ2n) is 3.82. The van der Waals surface area contributed by atoms with Crippen LogP contribution in [-0.2, 0) is 0 Å².